The smallest absolute Gasteiger partial charge is 0.233 e. The first-order valence-electron chi connectivity index (χ1n) is 13.1. The number of likely N-dealkylation sites (N-methyl/N-ethyl adjacent to an activating group) is 1. The maximum Gasteiger partial charge on any atom is 0.233 e. The Hall–Kier alpha value is -1.58. The zero-order valence-corrected chi connectivity index (χ0v) is 23.1. The molecule has 1 unspecified atom stereocenters. The van der Waals surface area contributed by atoms with Crippen LogP contribution in [0.15, 0.2) is 11.2 Å². The van der Waals surface area contributed by atoms with Crippen molar-refractivity contribution in [2.75, 3.05) is 63.0 Å². The molecule has 3 heterocycles. The van der Waals surface area contributed by atoms with Gasteiger partial charge in [0.05, 0.1) is 5.75 Å². The van der Waals surface area contributed by atoms with Gasteiger partial charge < -0.3 is 19.6 Å². The molecule has 0 bridgehead atoms. The van der Waals surface area contributed by atoms with Crippen LogP contribution in [0.25, 0.3) is 0 Å². The molecule has 0 aliphatic carbocycles. The van der Waals surface area contributed by atoms with Crippen LogP contribution in [0.4, 0.5) is 5.82 Å². The van der Waals surface area contributed by atoms with E-state index in [0.717, 1.165) is 51.4 Å². The molecule has 8 nitrogen and oxygen atoms in total. The highest BCUT2D eigenvalue weighted by molar-refractivity contribution is 7.99. The molecule has 1 aromatic heterocycles. The van der Waals surface area contributed by atoms with Gasteiger partial charge in [0.2, 0.25) is 11.8 Å². The Bertz CT molecular complexity index is 836. The Labute approximate surface area is 219 Å². The minimum Gasteiger partial charge on any atom is -0.353 e. The average Bonchev–Trinajstić information content (AvgIpc) is 2.86. The summed E-state index contributed by atoms with van der Waals surface area (Å²) in [5.41, 5.74) is 0. The van der Waals surface area contributed by atoms with Crippen LogP contribution in [0.1, 0.15) is 59.3 Å². The highest BCUT2D eigenvalue weighted by Crippen LogP contribution is 2.25. The number of halogens is 1. The van der Waals surface area contributed by atoms with E-state index in [2.05, 4.69) is 35.6 Å². The van der Waals surface area contributed by atoms with Crippen LogP contribution in [0.5, 0.6) is 0 Å². The lowest BCUT2D eigenvalue weighted by Crippen LogP contribution is -2.54. The number of amides is 2. The normalized spacial score (nSPS) is 19.3. The Morgan fingerprint density at radius 3 is 2.43 bits per heavy atom. The summed E-state index contributed by atoms with van der Waals surface area (Å²) in [5, 5.41) is 0.894. The van der Waals surface area contributed by atoms with E-state index < -0.39 is 0 Å². The maximum absolute atomic E-state index is 12.7. The zero-order valence-electron chi connectivity index (χ0n) is 21.5. The summed E-state index contributed by atoms with van der Waals surface area (Å²) >= 11 is 7.66. The molecule has 196 valence electrons. The van der Waals surface area contributed by atoms with Gasteiger partial charge in [-0.05, 0) is 19.9 Å². The number of carbonyl (C=O) groups is 2. The molecule has 0 saturated carbocycles. The van der Waals surface area contributed by atoms with E-state index in [1.165, 1.54) is 31.0 Å². The van der Waals surface area contributed by atoms with Crippen molar-refractivity contribution < 1.29 is 9.59 Å². The Morgan fingerprint density at radius 2 is 1.74 bits per heavy atom. The summed E-state index contributed by atoms with van der Waals surface area (Å²) < 4.78 is 0. The fourth-order valence-corrected chi connectivity index (χ4v) is 5.69. The molecule has 1 aromatic rings. The van der Waals surface area contributed by atoms with Gasteiger partial charge >= 0.3 is 0 Å². The van der Waals surface area contributed by atoms with E-state index in [9.17, 15) is 9.59 Å². The molecule has 35 heavy (non-hydrogen) atoms. The van der Waals surface area contributed by atoms with Gasteiger partial charge in [-0.3, -0.25) is 9.59 Å². The molecule has 0 aromatic carbocycles. The van der Waals surface area contributed by atoms with Crippen molar-refractivity contribution in [2.24, 2.45) is 0 Å². The first-order valence-corrected chi connectivity index (χ1v) is 14.5. The van der Waals surface area contributed by atoms with Crippen molar-refractivity contribution in [3.8, 4) is 0 Å². The summed E-state index contributed by atoms with van der Waals surface area (Å²) in [6.07, 6.45) is 6.41. The summed E-state index contributed by atoms with van der Waals surface area (Å²) in [6, 6.07) is 1.88. The number of rotatable bonds is 11. The molecule has 2 fully saturated rings. The second-order valence-electron chi connectivity index (χ2n) is 9.48. The van der Waals surface area contributed by atoms with Gasteiger partial charge in [0.1, 0.15) is 11.0 Å². The van der Waals surface area contributed by atoms with E-state index in [1.54, 1.807) is 6.07 Å². The second kappa shape index (κ2) is 14.2. The standard InChI is InChI=1S/C25H41ClN6O2S/c1-4-6-7-8-9-10-23(33)32-16-15-31(18-20(32)3)22-17-21(26)27-25(28-22)35-19-24(34)30-13-11-29(5-2)12-14-30/h17,20H,4-16,18-19H2,1-3H3. The number of nitrogens with zero attached hydrogens (tertiary/aromatic N) is 6. The summed E-state index contributed by atoms with van der Waals surface area (Å²) in [6.45, 7) is 13.0. The van der Waals surface area contributed by atoms with Crippen molar-refractivity contribution in [3.63, 3.8) is 0 Å². The van der Waals surface area contributed by atoms with Crippen LogP contribution < -0.4 is 4.90 Å². The van der Waals surface area contributed by atoms with Gasteiger partial charge in [-0.15, -0.1) is 0 Å². The third kappa shape index (κ3) is 8.50. The minimum atomic E-state index is 0.111. The molecule has 0 spiro atoms. The van der Waals surface area contributed by atoms with Crippen molar-refractivity contribution in [3.05, 3.63) is 11.2 Å². The quantitative estimate of drug-likeness (QED) is 0.189. The number of anilines is 1. The van der Waals surface area contributed by atoms with Gasteiger partial charge in [-0.2, -0.15) is 0 Å². The fraction of sp³-hybridized carbons (Fsp3) is 0.760. The number of carbonyl (C=O) groups excluding carboxylic acids is 2. The Balaban J connectivity index is 1.49. The SMILES string of the molecule is CCCCCCCC(=O)N1CCN(c2cc(Cl)nc(SCC(=O)N3CCN(CC)CC3)n2)CC1C. The van der Waals surface area contributed by atoms with Crippen LogP contribution in [-0.2, 0) is 9.59 Å². The van der Waals surface area contributed by atoms with Gasteiger partial charge in [-0.25, -0.2) is 9.97 Å². The average molecular weight is 525 g/mol. The van der Waals surface area contributed by atoms with E-state index in [1.807, 2.05) is 9.80 Å². The van der Waals surface area contributed by atoms with Crippen LogP contribution in [-0.4, -0.2) is 101 Å². The third-order valence-electron chi connectivity index (χ3n) is 6.92. The van der Waals surface area contributed by atoms with Gasteiger partial charge in [-0.1, -0.05) is 62.9 Å². The highest BCUT2D eigenvalue weighted by Gasteiger charge is 2.28. The van der Waals surface area contributed by atoms with Crippen LogP contribution >= 0.6 is 23.4 Å². The highest BCUT2D eigenvalue weighted by atomic mass is 35.5. The lowest BCUT2D eigenvalue weighted by Gasteiger charge is -2.40. The topological polar surface area (TPSA) is 72.9 Å². The van der Waals surface area contributed by atoms with Crippen LogP contribution in [0.2, 0.25) is 5.15 Å². The molecular weight excluding hydrogens is 484 g/mol. The number of aromatic nitrogens is 2. The number of thioether (sulfide) groups is 1. The first kappa shape index (κ1) is 28.0. The summed E-state index contributed by atoms with van der Waals surface area (Å²) in [4.78, 5) is 42.9. The maximum atomic E-state index is 12.7. The predicted molar refractivity (Wildman–Crippen MR) is 143 cm³/mol. The molecule has 2 amide bonds. The summed E-state index contributed by atoms with van der Waals surface area (Å²) in [5.74, 6) is 1.44. The largest absolute Gasteiger partial charge is 0.353 e. The molecule has 2 aliphatic heterocycles. The van der Waals surface area contributed by atoms with Crippen molar-refractivity contribution in [2.45, 2.75) is 70.5 Å². The van der Waals surface area contributed by atoms with Gasteiger partial charge in [0.25, 0.3) is 0 Å². The minimum absolute atomic E-state index is 0.111. The first-order chi connectivity index (χ1) is 16.9. The Kier molecular flexibility index (Phi) is 11.4. The van der Waals surface area contributed by atoms with Crippen LogP contribution in [0, 0.1) is 0 Å². The van der Waals surface area contributed by atoms with Crippen LogP contribution in [0.3, 0.4) is 0 Å². The lowest BCUT2D eigenvalue weighted by atomic mass is 10.1. The second-order valence-corrected chi connectivity index (χ2v) is 10.8. The lowest BCUT2D eigenvalue weighted by molar-refractivity contribution is -0.133. The summed E-state index contributed by atoms with van der Waals surface area (Å²) in [7, 11) is 0. The monoisotopic (exact) mass is 524 g/mol. The van der Waals surface area contributed by atoms with E-state index in [0.29, 0.717) is 42.1 Å². The molecule has 0 radical (unpaired) electrons. The number of hydrogen-bond acceptors (Lipinski definition) is 7. The van der Waals surface area contributed by atoms with E-state index in [4.69, 9.17) is 16.6 Å². The molecular formula is C25H41ClN6O2S. The van der Waals surface area contributed by atoms with E-state index >= 15 is 0 Å². The molecule has 2 aliphatic rings. The predicted octanol–water partition coefficient (Wildman–Crippen LogP) is 3.78. The number of piperazine rings is 2. The molecule has 1 atom stereocenters. The van der Waals surface area contributed by atoms with Crippen molar-refractivity contribution in [1.29, 1.82) is 0 Å². The van der Waals surface area contributed by atoms with E-state index in [-0.39, 0.29) is 17.9 Å². The fourth-order valence-electron chi connectivity index (χ4n) is 4.70. The molecule has 2 saturated heterocycles. The molecule has 10 heteroatoms. The number of hydrogen-bond donors (Lipinski definition) is 0. The van der Waals surface area contributed by atoms with Crippen molar-refractivity contribution in [1.82, 2.24) is 24.7 Å². The molecule has 3 rings (SSSR count). The van der Waals surface area contributed by atoms with Gasteiger partial charge in [0, 0.05) is 64.3 Å². The van der Waals surface area contributed by atoms with Gasteiger partial charge in [0.15, 0.2) is 5.16 Å². The number of unbranched alkanes of at least 4 members (excludes halogenated alkanes) is 4. The zero-order chi connectivity index (χ0) is 25.2. The third-order valence-corrected chi connectivity index (χ3v) is 7.95. The Morgan fingerprint density at radius 1 is 1.00 bits per heavy atom. The molecule has 0 N–H and O–H groups in total. The van der Waals surface area contributed by atoms with Crippen molar-refractivity contribution >= 4 is 41.0 Å².